The van der Waals surface area contributed by atoms with Crippen LogP contribution in [-0.2, 0) is 4.79 Å². The minimum Gasteiger partial charge on any atom is -0.496 e. The first kappa shape index (κ1) is 18.4. The van der Waals surface area contributed by atoms with Gasteiger partial charge in [0.2, 0.25) is 0 Å². The lowest BCUT2D eigenvalue weighted by Gasteiger charge is -2.20. The molecule has 24 heavy (non-hydrogen) atoms. The van der Waals surface area contributed by atoms with Crippen LogP contribution in [0.15, 0.2) is 42.5 Å². The van der Waals surface area contributed by atoms with E-state index in [9.17, 15) is 4.79 Å². The topological polar surface area (TPSA) is 47.6 Å². The first-order chi connectivity index (χ1) is 11.5. The van der Waals surface area contributed by atoms with Crippen LogP contribution in [0.3, 0.4) is 0 Å². The monoisotopic (exact) mass is 367 g/mol. The highest BCUT2D eigenvalue weighted by molar-refractivity contribution is 6.34. The van der Waals surface area contributed by atoms with Gasteiger partial charge in [-0.1, -0.05) is 48.3 Å². The van der Waals surface area contributed by atoms with Crippen molar-refractivity contribution < 1.29 is 14.3 Å². The van der Waals surface area contributed by atoms with Gasteiger partial charge in [-0.05, 0) is 24.6 Å². The lowest BCUT2D eigenvalue weighted by atomic mass is 10.0. The number of hydrogen-bond donors (Lipinski definition) is 1. The molecular formula is C18H19Cl2NO3. The maximum absolute atomic E-state index is 12.2. The molecule has 0 radical (unpaired) electrons. The summed E-state index contributed by atoms with van der Waals surface area (Å²) in [5.74, 6) is 0.872. The zero-order chi connectivity index (χ0) is 17.5. The van der Waals surface area contributed by atoms with Crippen LogP contribution in [0, 0.1) is 0 Å². The Morgan fingerprint density at radius 2 is 1.92 bits per heavy atom. The number of rotatable bonds is 7. The fraction of sp³-hybridized carbons (Fsp3) is 0.278. The molecule has 0 heterocycles. The molecule has 6 heteroatoms. The number of amides is 1. The van der Waals surface area contributed by atoms with Crippen LogP contribution in [0.1, 0.15) is 24.9 Å². The molecule has 0 aromatic heterocycles. The highest BCUT2D eigenvalue weighted by atomic mass is 35.5. The second kappa shape index (κ2) is 8.81. The van der Waals surface area contributed by atoms with Crippen LogP contribution >= 0.6 is 23.2 Å². The van der Waals surface area contributed by atoms with Gasteiger partial charge in [0.1, 0.15) is 11.5 Å². The Bertz CT molecular complexity index is 706. The molecule has 1 atom stereocenters. The number of carbonyl (C=O) groups is 1. The van der Waals surface area contributed by atoms with Crippen molar-refractivity contribution in [1.29, 1.82) is 0 Å². The summed E-state index contributed by atoms with van der Waals surface area (Å²) in [5.41, 5.74) is 0.927. The summed E-state index contributed by atoms with van der Waals surface area (Å²) in [6.45, 7) is 1.85. The minimum absolute atomic E-state index is 0.147. The van der Waals surface area contributed by atoms with Crippen molar-refractivity contribution in [3.05, 3.63) is 58.1 Å². The van der Waals surface area contributed by atoms with Crippen molar-refractivity contribution in [1.82, 2.24) is 5.32 Å². The molecule has 2 aromatic rings. The summed E-state index contributed by atoms with van der Waals surface area (Å²) in [5, 5.41) is 3.84. The van der Waals surface area contributed by atoms with E-state index >= 15 is 0 Å². The van der Waals surface area contributed by atoms with Gasteiger partial charge in [0, 0.05) is 16.7 Å². The van der Waals surface area contributed by atoms with Gasteiger partial charge in [0.25, 0.3) is 5.91 Å². The lowest BCUT2D eigenvalue weighted by Crippen LogP contribution is -2.32. The van der Waals surface area contributed by atoms with E-state index in [0.29, 0.717) is 15.8 Å². The van der Waals surface area contributed by atoms with Gasteiger partial charge in [-0.15, -0.1) is 0 Å². The Morgan fingerprint density at radius 3 is 2.62 bits per heavy atom. The third-order valence-electron chi connectivity index (χ3n) is 3.51. The van der Waals surface area contributed by atoms with Crippen molar-refractivity contribution in [2.75, 3.05) is 13.7 Å². The van der Waals surface area contributed by atoms with E-state index < -0.39 is 0 Å². The summed E-state index contributed by atoms with van der Waals surface area (Å²) in [7, 11) is 1.61. The predicted molar refractivity (Wildman–Crippen MR) is 96.1 cm³/mol. The standard InChI is InChI=1S/C18H19Cl2NO3/c1-3-15(13-6-4-5-7-16(13)23-2)21-18(22)11-24-17-10-12(19)8-9-14(17)20/h4-10,15H,3,11H2,1-2H3,(H,21,22). The average molecular weight is 368 g/mol. The normalized spacial score (nSPS) is 11.7. The second-order valence-electron chi connectivity index (χ2n) is 5.13. The van der Waals surface area contributed by atoms with Gasteiger partial charge in [-0.2, -0.15) is 0 Å². The molecule has 0 aliphatic carbocycles. The molecule has 1 unspecified atom stereocenters. The zero-order valence-electron chi connectivity index (χ0n) is 13.5. The molecule has 0 aliphatic rings. The second-order valence-corrected chi connectivity index (χ2v) is 5.98. The van der Waals surface area contributed by atoms with Crippen LogP contribution in [0.2, 0.25) is 10.0 Å². The van der Waals surface area contributed by atoms with Gasteiger partial charge >= 0.3 is 0 Å². The molecule has 1 N–H and O–H groups in total. The molecule has 128 valence electrons. The molecule has 1 amide bonds. The van der Waals surface area contributed by atoms with E-state index in [0.717, 1.165) is 17.7 Å². The number of benzene rings is 2. The van der Waals surface area contributed by atoms with Gasteiger partial charge < -0.3 is 14.8 Å². The van der Waals surface area contributed by atoms with Crippen LogP contribution < -0.4 is 14.8 Å². The highest BCUT2D eigenvalue weighted by Gasteiger charge is 2.17. The summed E-state index contributed by atoms with van der Waals surface area (Å²) in [4.78, 5) is 12.2. The maximum Gasteiger partial charge on any atom is 0.258 e. The van der Waals surface area contributed by atoms with Crippen molar-refractivity contribution in [3.63, 3.8) is 0 Å². The summed E-state index contributed by atoms with van der Waals surface area (Å²) in [6.07, 6.45) is 0.726. The lowest BCUT2D eigenvalue weighted by molar-refractivity contribution is -0.123. The Morgan fingerprint density at radius 1 is 1.17 bits per heavy atom. The highest BCUT2D eigenvalue weighted by Crippen LogP contribution is 2.28. The van der Waals surface area contributed by atoms with Crippen molar-refractivity contribution in [3.8, 4) is 11.5 Å². The van der Waals surface area contributed by atoms with E-state index in [1.54, 1.807) is 25.3 Å². The van der Waals surface area contributed by atoms with E-state index in [4.69, 9.17) is 32.7 Å². The third kappa shape index (κ3) is 4.79. The van der Waals surface area contributed by atoms with Gasteiger partial charge in [0.05, 0.1) is 18.2 Å². The number of para-hydroxylation sites is 1. The quantitative estimate of drug-likeness (QED) is 0.774. The molecule has 0 fully saturated rings. The number of hydrogen-bond acceptors (Lipinski definition) is 3. The maximum atomic E-state index is 12.2. The Kier molecular flexibility index (Phi) is 6.76. The minimum atomic E-state index is -0.246. The average Bonchev–Trinajstić information content (AvgIpc) is 2.60. The van der Waals surface area contributed by atoms with E-state index in [-0.39, 0.29) is 18.6 Å². The number of ether oxygens (including phenoxy) is 2. The fourth-order valence-electron chi connectivity index (χ4n) is 2.32. The molecule has 0 aliphatic heterocycles. The van der Waals surface area contributed by atoms with E-state index in [1.165, 1.54) is 0 Å². The van der Waals surface area contributed by atoms with Gasteiger partial charge in [-0.3, -0.25) is 4.79 Å². The molecule has 0 saturated carbocycles. The number of halogens is 2. The summed E-state index contributed by atoms with van der Waals surface area (Å²) >= 11 is 11.9. The van der Waals surface area contributed by atoms with E-state index in [1.807, 2.05) is 31.2 Å². The molecule has 0 saturated heterocycles. The molecule has 2 rings (SSSR count). The fourth-order valence-corrected chi connectivity index (χ4v) is 2.66. The van der Waals surface area contributed by atoms with Crippen molar-refractivity contribution >= 4 is 29.1 Å². The smallest absolute Gasteiger partial charge is 0.258 e. The third-order valence-corrected chi connectivity index (χ3v) is 4.06. The Balaban J connectivity index is 2.01. The summed E-state index contributed by atoms with van der Waals surface area (Å²) in [6, 6.07) is 12.3. The SMILES string of the molecule is CCC(NC(=O)COc1cc(Cl)ccc1Cl)c1ccccc1OC. The van der Waals surface area contributed by atoms with Crippen LogP contribution in [0.25, 0.3) is 0 Å². The van der Waals surface area contributed by atoms with Gasteiger partial charge in [-0.25, -0.2) is 0 Å². The Labute approximate surface area is 151 Å². The summed E-state index contributed by atoms with van der Waals surface area (Å²) < 4.78 is 10.8. The first-order valence-electron chi connectivity index (χ1n) is 7.55. The zero-order valence-corrected chi connectivity index (χ0v) is 15.0. The predicted octanol–water partition coefficient (Wildman–Crippen LogP) is 4.65. The number of carbonyl (C=O) groups excluding carboxylic acids is 1. The largest absolute Gasteiger partial charge is 0.496 e. The van der Waals surface area contributed by atoms with Crippen molar-refractivity contribution in [2.24, 2.45) is 0 Å². The van der Waals surface area contributed by atoms with E-state index in [2.05, 4.69) is 5.32 Å². The molecule has 2 aromatic carbocycles. The molecular weight excluding hydrogens is 349 g/mol. The Hall–Kier alpha value is -1.91. The molecule has 4 nitrogen and oxygen atoms in total. The van der Waals surface area contributed by atoms with Crippen LogP contribution in [0.5, 0.6) is 11.5 Å². The first-order valence-corrected chi connectivity index (χ1v) is 8.30. The van der Waals surface area contributed by atoms with Crippen LogP contribution in [0.4, 0.5) is 0 Å². The molecule has 0 spiro atoms. The van der Waals surface area contributed by atoms with Crippen molar-refractivity contribution in [2.45, 2.75) is 19.4 Å². The molecule has 0 bridgehead atoms. The van der Waals surface area contributed by atoms with Crippen LogP contribution in [-0.4, -0.2) is 19.6 Å². The van der Waals surface area contributed by atoms with Gasteiger partial charge in [0.15, 0.2) is 6.61 Å². The number of nitrogens with one attached hydrogen (secondary N) is 1. The number of methoxy groups -OCH3 is 1.